The Bertz CT molecular complexity index is 1030. The van der Waals surface area contributed by atoms with Crippen molar-refractivity contribution in [2.24, 2.45) is 0 Å². The van der Waals surface area contributed by atoms with Crippen LogP contribution in [0.5, 0.6) is 5.75 Å². The molecule has 29 heavy (non-hydrogen) atoms. The summed E-state index contributed by atoms with van der Waals surface area (Å²) >= 11 is 6.16. The molecule has 0 bridgehead atoms. The van der Waals surface area contributed by atoms with E-state index in [9.17, 15) is 13.2 Å². The Hall–Kier alpha value is -2.93. The van der Waals surface area contributed by atoms with Crippen LogP contribution in [0.1, 0.15) is 17.8 Å². The maximum absolute atomic E-state index is 13.2. The molecule has 0 radical (unpaired) electrons. The molecule has 1 aromatic heterocycles. The smallest absolute Gasteiger partial charge is 0.435 e. The van der Waals surface area contributed by atoms with Crippen LogP contribution >= 0.6 is 11.6 Å². The van der Waals surface area contributed by atoms with E-state index in [1.807, 2.05) is 18.3 Å². The van der Waals surface area contributed by atoms with Crippen molar-refractivity contribution in [3.63, 3.8) is 0 Å². The Morgan fingerprint density at radius 1 is 1.07 bits per heavy atom. The van der Waals surface area contributed by atoms with Gasteiger partial charge in [0.1, 0.15) is 12.4 Å². The zero-order valence-electron chi connectivity index (χ0n) is 15.2. The zero-order chi connectivity index (χ0) is 20.4. The quantitative estimate of drug-likeness (QED) is 0.520. The molecule has 4 nitrogen and oxygen atoms in total. The lowest BCUT2D eigenvalue weighted by Crippen LogP contribution is -2.11. The predicted octanol–water partition coefficient (Wildman–Crippen LogP) is 5.85. The molecule has 1 aliphatic heterocycles. The Labute approximate surface area is 170 Å². The topological polar surface area (TPSA) is 30.3 Å². The summed E-state index contributed by atoms with van der Waals surface area (Å²) < 4.78 is 46.5. The van der Waals surface area contributed by atoms with Crippen molar-refractivity contribution in [3.05, 3.63) is 83.3 Å². The number of para-hydroxylation sites is 1. The van der Waals surface area contributed by atoms with Gasteiger partial charge in [0, 0.05) is 18.4 Å². The number of aromatic nitrogens is 2. The van der Waals surface area contributed by atoms with Crippen LogP contribution in [0.25, 0.3) is 5.69 Å². The van der Waals surface area contributed by atoms with Crippen LogP contribution in [0.4, 0.5) is 18.9 Å². The molecule has 0 unspecified atom stereocenters. The Morgan fingerprint density at radius 2 is 1.83 bits per heavy atom. The zero-order valence-corrected chi connectivity index (χ0v) is 16.0. The fraction of sp³-hybridized carbons (Fsp3) is 0.190. The fourth-order valence-corrected chi connectivity index (χ4v) is 3.31. The highest BCUT2D eigenvalue weighted by Gasteiger charge is 2.35. The van der Waals surface area contributed by atoms with Gasteiger partial charge in [0.25, 0.3) is 0 Å². The predicted molar refractivity (Wildman–Crippen MR) is 105 cm³/mol. The van der Waals surface area contributed by atoms with E-state index < -0.39 is 11.9 Å². The van der Waals surface area contributed by atoms with Gasteiger partial charge in [0.2, 0.25) is 0 Å². The SMILES string of the molecule is FC(F)(F)c1cc(COc2ccc(N3C=CCC3)cc2)n(-c2ccccc2Cl)n1. The van der Waals surface area contributed by atoms with Gasteiger partial charge < -0.3 is 9.64 Å². The van der Waals surface area contributed by atoms with Crippen LogP contribution in [0.2, 0.25) is 5.02 Å². The highest BCUT2D eigenvalue weighted by molar-refractivity contribution is 6.32. The van der Waals surface area contributed by atoms with Gasteiger partial charge in [0.05, 0.1) is 16.4 Å². The molecule has 0 aliphatic carbocycles. The maximum atomic E-state index is 13.2. The van der Waals surface area contributed by atoms with Crippen LogP contribution in [0.3, 0.4) is 0 Å². The summed E-state index contributed by atoms with van der Waals surface area (Å²) in [5, 5.41) is 4.00. The van der Waals surface area contributed by atoms with Crippen molar-refractivity contribution < 1.29 is 17.9 Å². The minimum Gasteiger partial charge on any atom is -0.487 e. The first kappa shape index (κ1) is 19.4. The van der Waals surface area contributed by atoms with E-state index in [1.165, 1.54) is 4.68 Å². The summed E-state index contributed by atoms with van der Waals surface area (Å²) in [4.78, 5) is 2.12. The average molecular weight is 420 g/mol. The molecule has 0 fully saturated rings. The van der Waals surface area contributed by atoms with E-state index in [0.29, 0.717) is 16.5 Å². The molecule has 4 rings (SSSR count). The van der Waals surface area contributed by atoms with E-state index in [0.717, 1.165) is 24.7 Å². The normalized spacial score (nSPS) is 13.9. The van der Waals surface area contributed by atoms with Gasteiger partial charge in [-0.2, -0.15) is 18.3 Å². The van der Waals surface area contributed by atoms with Gasteiger partial charge in [-0.15, -0.1) is 0 Å². The number of rotatable bonds is 5. The minimum atomic E-state index is -4.56. The molecule has 2 heterocycles. The fourth-order valence-electron chi connectivity index (χ4n) is 3.09. The second-order valence-electron chi connectivity index (χ2n) is 6.53. The van der Waals surface area contributed by atoms with Gasteiger partial charge in [-0.25, -0.2) is 4.68 Å². The molecule has 150 valence electrons. The molecule has 2 aromatic carbocycles. The second-order valence-corrected chi connectivity index (χ2v) is 6.94. The van der Waals surface area contributed by atoms with E-state index in [-0.39, 0.29) is 12.3 Å². The molecule has 0 spiro atoms. The van der Waals surface area contributed by atoms with Crippen LogP contribution in [-0.2, 0) is 12.8 Å². The van der Waals surface area contributed by atoms with E-state index in [1.54, 1.807) is 36.4 Å². The van der Waals surface area contributed by atoms with Crippen molar-refractivity contribution in [2.75, 3.05) is 11.4 Å². The van der Waals surface area contributed by atoms with Crippen LogP contribution in [0.15, 0.2) is 66.9 Å². The molecule has 8 heteroatoms. The lowest BCUT2D eigenvalue weighted by Gasteiger charge is -2.16. The number of alkyl halides is 3. The van der Waals surface area contributed by atoms with Gasteiger partial charge in [-0.3, -0.25) is 0 Å². The van der Waals surface area contributed by atoms with Crippen molar-refractivity contribution in [3.8, 4) is 11.4 Å². The Balaban J connectivity index is 1.57. The third-order valence-electron chi connectivity index (χ3n) is 4.53. The lowest BCUT2D eigenvalue weighted by atomic mass is 10.3. The Morgan fingerprint density at radius 3 is 2.48 bits per heavy atom. The third kappa shape index (κ3) is 4.24. The molecule has 0 saturated carbocycles. The van der Waals surface area contributed by atoms with E-state index in [2.05, 4.69) is 16.1 Å². The van der Waals surface area contributed by atoms with Gasteiger partial charge >= 0.3 is 6.18 Å². The first-order valence-electron chi connectivity index (χ1n) is 8.99. The largest absolute Gasteiger partial charge is 0.487 e. The van der Waals surface area contributed by atoms with Crippen molar-refractivity contribution >= 4 is 17.3 Å². The van der Waals surface area contributed by atoms with Crippen LogP contribution < -0.4 is 9.64 Å². The first-order valence-corrected chi connectivity index (χ1v) is 9.37. The molecule has 0 saturated heterocycles. The molecule has 3 aromatic rings. The van der Waals surface area contributed by atoms with E-state index >= 15 is 0 Å². The molecule has 1 aliphatic rings. The van der Waals surface area contributed by atoms with Crippen molar-refractivity contribution in [1.29, 1.82) is 0 Å². The highest BCUT2D eigenvalue weighted by atomic mass is 35.5. The molecular formula is C21H17ClF3N3O. The maximum Gasteiger partial charge on any atom is 0.435 e. The number of hydrogen-bond acceptors (Lipinski definition) is 3. The summed E-state index contributed by atoms with van der Waals surface area (Å²) in [6, 6.07) is 15.0. The van der Waals surface area contributed by atoms with Gasteiger partial charge in [-0.05, 0) is 48.9 Å². The van der Waals surface area contributed by atoms with Gasteiger partial charge in [0.15, 0.2) is 5.69 Å². The number of ether oxygens (including phenoxy) is 1. The average Bonchev–Trinajstić information content (AvgIpc) is 3.37. The molecule has 0 N–H and O–H groups in total. The number of nitrogens with zero attached hydrogens (tertiary/aromatic N) is 3. The summed E-state index contributed by atoms with van der Waals surface area (Å²) in [6.45, 7) is 0.842. The van der Waals surface area contributed by atoms with Gasteiger partial charge in [-0.1, -0.05) is 29.8 Å². The van der Waals surface area contributed by atoms with Crippen molar-refractivity contribution in [1.82, 2.24) is 9.78 Å². The summed E-state index contributed by atoms with van der Waals surface area (Å²) in [5.41, 5.74) is 0.648. The third-order valence-corrected chi connectivity index (χ3v) is 4.85. The monoisotopic (exact) mass is 419 g/mol. The first-order chi connectivity index (χ1) is 13.9. The number of benzene rings is 2. The second kappa shape index (κ2) is 7.83. The van der Waals surface area contributed by atoms with Crippen LogP contribution in [0, 0.1) is 0 Å². The molecular weight excluding hydrogens is 403 g/mol. The summed E-state index contributed by atoms with van der Waals surface area (Å²) in [7, 11) is 0. The standard InChI is InChI=1S/C21H17ClF3N3O/c22-18-5-1-2-6-19(18)28-16(13-20(26-28)21(23,24)25)14-29-17-9-7-15(8-10-17)27-11-3-4-12-27/h1-3,5-11,13H,4,12,14H2. The Kier molecular flexibility index (Phi) is 5.24. The summed E-state index contributed by atoms with van der Waals surface area (Å²) in [6.07, 6.45) is 0.563. The summed E-state index contributed by atoms with van der Waals surface area (Å²) in [5.74, 6) is 0.553. The number of hydrogen-bond donors (Lipinski definition) is 0. The molecule has 0 amide bonds. The molecule has 0 atom stereocenters. The highest BCUT2D eigenvalue weighted by Crippen LogP contribution is 2.31. The number of anilines is 1. The van der Waals surface area contributed by atoms with Crippen LogP contribution in [-0.4, -0.2) is 16.3 Å². The van der Waals surface area contributed by atoms with Crippen molar-refractivity contribution in [2.45, 2.75) is 19.2 Å². The number of halogens is 4. The van der Waals surface area contributed by atoms with E-state index in [4.69, 9.17) is 16.3 Å². The lowest BCUT2D eigenvalue weighted by molar-refractivity contribution is -0.141. The minimum absolute atomic E-state index is 0.0860.